The van der Waals surface area contributed by atoms with E-state index in [2.05, 4.69) is 5.32 Å². The minimum atomic E-state index is -1.51. The topological polar surface area (TPSA) is 104 Å². The lowest BCUT2D eigenvalue weighted by molar-refractivity contribution is -0.152. The van der Waals surface area contributed by atoms with E-state index in [1.807, 2.05) is 17.9 Å². The molecule has 3 aliphatic heterocycles. The summed E-state index contributed by atoms with van der Waals surface area (Å²) < 4.78 is 1.47. The summed E-state index contributed by atoms with van der Waals surface area (Å²) in [5.74, 6) is -0.605. The van der Waals surface area contributed by atoms with Crippen molar-refractivity contribution < 1.29 is 14.4 Å². The highest BCUT2D eigenvalue weighted by Gasteiger charge is 2.62. The smallest absolute Gasteiger partial charge is 0.330 e. The van der Waals surface area contributed by atoms with Crippen LogP contribution < -0.4 is 15.8 Å². The Hall–Kier alpha value is -3.23. The van der Waals surface area contributed by atoms with Crippen molar-refractivity contribution in [2.24, 2.45) is 5.41 Å². The maximum absolute atomic E-state index is 13.4. The third-order valence-corrected chi connectivity index (χ3v) is 6.79. The monoisotopic (exact) mass is 409 g/mol. The molecule has 9 nitrogen and oxygen atoms in total. The van der Waals surface area contributed by atoms with Crippen LogP contribution in [0.4, 0.5) is 10.6 Å². The fourth-order valence-electron chi connectivity index (χ4n) is 5.22. The summed E-state index contributed by atoms with van der Waals surface area (Å²) >= 11 is 0. The summed E-state index contributed by atoms with van der Waals surface area (Å²) in [6.45, 7) is 2.50. The third-order valence-electron chi connectivity index (χ3n) is 6.79. The molecule has 0 aliphatic carbocycles. The van der Waals surface area contributed by atoms with Crippen molar-refractivity contribution in [3.8, 4) is 0 Å². The van der Waals surface area contributed by atoms with E-state index in [1.165, 1.54) is 11.4 Å². The number of nitrogens with one attached hydrogen (secondary N) is 1. The Kier molecular flexibility index (Phi) is 4.00. The van der Waals surface area contributed by atoms with Crippen LogP contribution in [0, 0.1) is 12.3 Å². The number of rotatable bonds is 0. The Bertz CT molecular complexity index is 1170. The van der Waals surface area contributed by atoms with Crippen LogP contribution in [0.5, 0.6) is 0 Å². The number of barbiturate groups is 1. The molecule has 3 aliphatic rings. The van der Waals surface area contributed by atoms with Crippen molar-refractivity contribution in [3.05, 3.63) is 39.8 Å². The number of nitrogens with zero attached hydrogens (tertiary/aromatic N) is 4. The second-order valence-corrected chi connectivity index (χ2v) is 8.43. The second kappa shape index (κ2) is 6.38. The number of fused-ring (bicyclic) bond motifs is 5. The number of pyridine rings is 1. The quantitative estimate of drug-likeness (QED) is 0.651. The minimum Gasteiger partial charge on any atom is -0.352 e. The molecule has 1 N–H and O–H groups in total. The molecule has 156 valence electrons. The van der Waals surface area contributed by atoms with Gasteiger partial charge in [-0.2, -0.15) is 0 Å². The molecule has 30 heavy (non-hydrogen) atoms. The van der Waals surface area contributed by atoms with Gasteiger partial charge in [0.05, 0.1) is 11.6 Å². The molecular formula is C21H23N5O4. The first-order chi connectivity index (χ1) is 14.4. The van der Waals surface area contributed by atoms with Gasteiger partial charge in [-0.15, -0.1) is 0 Å². The Morgan fingerprint density at radius 2 is 1.97 bits per heavy atom. The number of carbonyl (C=O) groups excluding carboxylic acids is 3. The first-order valence-corrected chi connectivity index (χ1v) is 10.3. The Labute approximate surface area is 172 Å². The summed E-state index contributed by atoms with van der Waals surface area (Å²) in [7, 11) is 1.37. The fraction of sp³-hybridized carbons (Fsp3) is 0.476. The van der Waals surface area contributed by atoms with Crippen LogP contribution in [0.15, 0.2) is 23.1 Å². The summed E-state index contributed by atoms with van der Waals surface area (Å²) in [6.07, 6.45) is 4.92. The van der Waals surface area contributed by atoms with Crippen molar-refractivity contribution in [1.82, 2.24) is 19.6 Å². The van der Waals surface area contributed by atoms with E-state index in [0.717, 1.165) is 29.7 Å². The average Bonchev–Trinajstić information content (AvgIpc) is 2.99. The van der Waals surface area contributed by atoms with Crippen LogP contribution in [0.3, 0.4) is 0 Å². The van der Waals surface area contributed by atoms with Gasteiger partial charge in [0, 0.05) is 26.2 Å². The first-order valence-electron chi connectivity index (χ1n) is 10.3. The molecule has 0 aromatic carbocycles. The van der Waals surface area contributed by atoms with Gasteiger partial charge in [0.2, 0.25) is 11.8 Å². The normalized spacial score (nSPS) is 26.5. The van der Waals surface area contributed by atoms with Crippen molar-refractivity contribution >= 4 is 29.3 Å². The zero-order valence-electron chi connectivity index (χ0n) is 17.0. The highest BCUT2D eigenvalue weighted by molar-refractivity contribution is 6.20. The molecule has 0 saturated carbocycles. The van der Waals surface area contributed by atoms with Gasteiger partial charge in [-0.3, -0.25) is 29.0 Å². The number of aromatic nitrogens is 2. The molecule has 5 heterocycles. The molecule has 4 amide bonds. The lowest BCUT2D eigenvalue weighted by atomic mass is 9.68. The first kappa shape index (κ1) is 18.8. The molecule has 2 aromatic heterocycles. The number of aryl methyl sites for hydroxylation is 1. The van der Waals surface area contributed by atoms with Crippen molar-refractivity contribution in [1.29, 1.82) is 0 Å². The number of anilines is 1. The number of hydrogen-bond acceptors (Lipinski definition) is 6. The highest BCUT2D eigenvalue weighted by atomic mass is 16.2. The molecule has 0 radical (unpaired) electrons. The van der Waals surface area contributed by atoms with Crippen molar-refractivity contribution in [3.63, 3.8) is 0 Å². The van der Waals surface area contributed by atoms with Crippen LogP contribution in [-0.2, 0) is 16.0 Å². The number of amides is 4. The standard InChI is InChI=1S/C21H23N5O4/c1-12-7-6-10-26-15(12)22-16-13(17(26)27)11-21(14-8-4-3-5-9-25(14)16)18(28)23-20(30)24(2)19(21)29/h6-7,10,14H,3-5,8-9,11H2,1-2H3,(H,23,28,30)/t14-,21+/m1/s1. The highest BCUT2D eigenvalue weighted by Crippen LogP contribution is 2.45. The minimum absolute atomic E-state index is 0.0610. The van der Waals surface area contributed by atoms with Crippen molar-refractivity contribution in [2.75, 3.05) is 18.5 Å². The van der Waals surface area contributed by atoms with Gasteiger partial charge in [-0.25, -0.2) is 9.78 Å². The van der Waals surface area contributed by atoms with E-state index in [9.17, 15) is 19.2 Å². The van der Waals surface area contributed by atoms with Crippen LogP contribution >= 0.6 is 0 Å². The Morgan fingerprint density at radius 3 is 2.77 bits per heavy atom. The molecule has 2 fully saturated rings. The van der Waals surface area contributed by atoms with Gasteiger partial charge in [0.25, 0.3) is 5.56 Å². The second-order valence-electron chi connectivity index (χ2n) is 8.43. The SMILES string of the molecule is Cc1cccn2c(=O)c3c(nc12)N1CCCCC[C@@H]1[C@@]1(C3)C(=O)NC(=O)N(C)C1=O. The number of imide groups is 2. The van der Waals surface area contributed by atoms with Gasteiger partial charge >= 0.3 is 6.03 Å². The summed E-state index contributed by atoms with van der Waals surface area (Å²) in [5.41, 5.74) is 0.00929. The van der Waals surface area contributed by atoms with Crippen LogP contribution in [0.1, 0.15) is 36.8 Å². The fourth-order valence-corrected chi connectivity index (χ4v) is 5.22. The summed E-state index contributed by atoms with van der Waals surface area (Å²) in [6, 6.07) is 2.49. The van der Waals surface area contributed by atoms with Gasteiger partial charge in [-0.05, 0) is 31.4 Å². The summed E-state index contributed by atoms with van der Waals surface area (Å²) in [5, 5.41) is 2.34. The van der Waals surface area contributed by atoms with Gasteiger partial charge in [0.15, 0.2) is 5.41 Å². The molecule has 5 rings (SSSR count). The van der Waals surface area contributed by atoms with E-state index in [1.54, 1.807) is 12.3 Å². The van der Waals surface area contributed by atoms with E-state index in [0.29, 0.717) is 30.0 Å². The third kappa shape index (κ3) is 2.31. The van der Waals surface area contributed by atoms with E-state index < -0.39 is 29.3 Å². The van der Waals surface area contributed by atoms with Gasteiger partial charge in [-0.1, -0.05) is 18.9 Å². The predicted molar refractivity (Wildman–Crippen MR) is 108 cm³/mol. The van der Waals surface area contributed by atoms with Crippen LogP contribution in [-0.4, -0.2) is 51.8 Å². The summed E-state index contributed by atoms with van der Waals surface area (Å²) in [4.78, 5) is 59.9. The van der Waals surface area contributed by atoms with Crippen LogP contribution in [0.2, 0.25) is 0 Å². The maximum Gasteiger partial charge on any atom is 0.330 e. The molecule has 2 saturated heterocycles. The van der Waals surface area contributed by atoms with E-state index >= 15 is 0 Å². The van der Waals surface area contributed by atoms with Gasteiger partial charge < -0.3 is 4.90 Å². The number of hydrogen-bond donors (Lipinski definition) is 1. The molecule has 1 spiro atoms. The zero-order valence-corrected chi connectivity index (χ0v) is 17.0. The lowest BCUT2D eigenvalue weighted by Gasteiger charge is -2.50. The van der Waals surface area contributed by atoms with Crippen molar-refractivity contribution in [2.45, 2.75) is 45.1 Å². The largest absolute Gasteiger partial charge is 0.352 e. The Balaban J connectivity index is 1.81. The number of carbonyl (C=O) groups is 3. The zero-order chi connectivity index (χ0) is 21.2. The maximum atomic E-state index is 13.4. The Morgan fingerprint density at radius 1 is 1.17 bits per heavy atom. The lowest BCUT2D eigenvalue weighted by Crippen LogP contribution is -2.71. The molecular weight excluding hydrogens is 386 g/mol. The average molecular weight is 409 g/mol. The van der Waals surface area contributed by atoms with E-state index in [-0.39, 0.29) is 12.0 Å². The molecule has 9 heteroatoms. The van der Waals surface area contributed by atoms with Gasteiger partial charge in [0.1, 0.15) is 11.5 Å². The van der Waals surface area contributed by atoms with E-state index in [4.69, 9.17) is 4.98 Å². The predicted octanol–water partition coefficient (Wildman–Crippen LogP) is 1.00. The molecule has 0 unspecified atom stereocenters. The van der Waals surface area contributed by atoms with Crippen LogP contribution in [0.25, 0.3) is 5.65 Å². The molecule has 2 atom stereocenters. The molecule has 2 aromatic rings. The molecule has 0 bridgehead atoms. The number of urea groups is 1.